The molecule has 0 bridgehead atoms. The van der Waals surface area contributed by atoms with Crippen molar-refractivity contribution < 1.29 is 39.6 Å². The maximum Gasteiger partial charge on any atom is 0.303 e. The average molecular weight is 421 g/mol. The minimum atomic E-state index is -0.905. The summed E-state index contributed by atoms with van der Waals surface area (Å²) in [5.74, 6) is -1.64. The summed E-state index contributed by atoms with van der Waals surface area (Å²) in [5, 5.41) is 8.41. The van der Waals surface area contributed by atoms with Crippen LogP contribution in [0.4, 0.5) is 0 Å². The molecule has 0 saturated carbocycles. The zero-order valence-corrected chi connectivity index (χ0v) is 12.7. The molecule has 1 unspecified atom stereocenters. The van der Waals surface area contributed by atoms with Gasteiger partial charge in [-0.05, 0) is 19.8 Å². The molecule has 0 aromatic carbocycles. The van der Waals surface area contributed by atoms with Gasteiger partial charge in [0, 0.05) is 39.4 Å². The van der Waals surface area contributed by atoms with Crippen LogP contribution in [0.15, 0.2) is 0 Å². The van der Waals surface area contributed by atoms with E-state index in [1.165, 1.54) is 0 Å². The third-order valence-corrected chi connectivity index (χ3v) is 2.56. The predicted octanol–water partition coefficient (Wildman–Crippen LogP) is 2.20. The van der Waals surface area contributed by atoms with E-state index in [4.69, 9.17) is 5.11 Å². The van der Waals surface area contributed by atoms with Gasteiger partial charge in [0.05, 0.1) is 5.92 Å². The first-order valence-corrected chi connectivity index (χ1v) is 5.76. The van der Waals surface area contributed by atoms with Crippen LogP contribution in [0.25, 0.3) is 0 Å². The zero-order chi connectivity index (χ0) is 12.6. The second kappa shape index (κ2) is 10.6. The van der Waals surface area contributed by atoms with Gasteiger partial charge in [-0.15, -0.1) is 0 Å². The van der Waals surface area contributed by atoms with E-state index in [1.807, 2.05) is 6.92 Å². The molecule has 4 nitrogen and oxygen atoms in total. The van der Waals surface area contributed by atoms with Crippen molar-refractivity contribution >= 4 is 17.5 Å². The molecule has 5 heteroatoms. The second-order valence-electron chi connectivity index (χ2n) is 4.01. The summed E-state index contributed by atoms with van der Waals surface area (Å²) in [6.45, 7) is 3.60. The van der Waals surface area contributed by atoms with Crippen molar-refractivity contribution in [2.75, 3.05) is 0 Å². The van der Waals surface area contributed by atoms with E-state index in [1.54, 1.807) is 6.92 Å². The molecular weight excluding hydrogens is 400 g/mol. The largest absolute Gasteiger partial charge is 0.481 e. The summed E-state index contributed by atoms with van der Waals surface area (Å²) >= 11 is 0. The summed E-state index contributed by atoms with van der Waals surface area (Å²) in [5.41, 5.74) is 0. The van der Waals surface area contributed by atoms with Crippen LogP contribution in [0.2, 0.25) is 0 Å². The summed E-state index contributed by atoms with van der Waals surface area (Å²) in [6.07, 6.45) is 2.69. The Morgan fingerprint density at radius 2 is 1.47 bits per heavy atom. The minimum absolute atomic E-state index is 0. The Morgan fingerprint density at radius 3 is 1.88 bits per heavy atom. The van der Waals surface area contributed by atoms with Crippen LogP contribution in [0, 0.1) is 5.92 Å². The molecule has 1 atom stereocenters. The first-order valence-electron chi connectivity index (χ1n) is 5.76. The first kappa shape index (κ1) is 18.8. The third kappa shape index (κ3) is 9.19. The summed E-state index contributed by atoms with van der Waals surface area (Å²) in [4.78, 5) is 33.3. The van der Waals surface area contributed by atoms with Crippen molar-refractivity contribution in [3.8, 4) is 0 Å². The standard InChI is InChI=1S/C12H20O4.Ir/c1-3-4-6-10(13)9(2)11(14)7-5-8-12(15)16;/h9H,3-8H2,1-2H3,(H,15,16);. The normalized spacial score (nSPS) is 11.4. The fraction of sp³-hybridized carbons (Fsp3) is 0.750. The fourth-order valence-electron chi connectivity index (χ4n) is 1.38. The molecule has 0 saturated heterocycles. The number of unbranched alkanes of at least 4 members (excludes halogenated alkanes) is 1. The molecule has 0 aliphatic heterocycles. The predicted molar refractivity (Wildman–Crippen MR) is 60.2 cm³/mol. The second-order valence-corrected chi connectivity index (χ2v) is 4.01. The average Bonchev–Trinajstić information content (AvgIpc) is 2.24. The van der Waals surface area contributed by atoms with Gasteiger partial charge in [0.2, 0.25) is 0 Å². The molecule has 1 N–H and O–H groups in total. The summed E-state index contributed by atoms with van der Waals surface area (Å²) in [7, 11) is 0. The number of rotatable bonds is 9. The topological polar surface area (TPSA) is 71.4 Å². The van der Waals surface area contributed by atoms with Gasteiger partial charge in [0.1, 0.15) is 11.6 Å². The van der Waals surface area contributed by atoms with E-state index in [-0.39, 0.29) is 44.5 Å². The Bertz CT molecular complexity index is 263. The van der Waals surface area contributed by atoms with E-state index < -0.39 is 11.9 Å². The number of hydrogen-bond acceptors (Lipinski definition) is 3. The smallest absolute Gasteiger partial charge is 0.303 e. The molecule has 101 valence electrons. The number of carboxylic acids is 1. The van der Waals surface area contributed by atoms with Crippen LogP contribution in [-0.2, 0) is 34.5 Å². The molecule has 0 amide bonds. The van der Waals surface area contributed by atoms with Gasteiger partial charge in [-0.1, -0.05) is 13.3 Å². The number of carbonyl (C=O) groups excluding carboxylic acids is 2. The molecule has 0 aromatic rings. The maximum atomic E-state index is 11.5. The van der Waals surface area contributed by atoms with Gasteiger partial charge >= 0.3 is 5.97 Å². The molecular formula is C12H20IrO4. The molecule has 1 radical (unpaired) electrons. The van der Waals surface area contributed by atoms with Crippen molar-refractivity contribution in [2.24, 2.45) is 5.92 Å². The minimum Gasteiger partial charge on any atom is -0.481 e. The van der Waals surface area contributed by atoms with E-state index in [0.29, 0.717) is 12.8 Å². The van der Waals surface area contributed by atoms with Crippen molar-refractivity contribution in [3.05, 3.63) is 0 Å². The summed E-state index contributed by atoms with van der Waals surface area (Å²) < 4.78 is 0. The molecule has 17 heavy (non-hydrogen) atoms. The fourth-order valence-corrected chi connectivity index (χ4v) is 1.38. The van der Waals surface area contributed by atoms with E-state index >= 15 is 0 Å². The summed E-state index contributed by atoms with van der Waals surface area (Å²) in [6, 6.07) is 0. The number of carboxylic acid groups (broad SMARTS) is 1. The van der Waals surface area contributed by atoms with Crippen LogP contribution < -0.4 is 0 Å². The molecule has 0 aliphatic carbocycles. The van der Waals surface area contributed by atoms with Gasteiger partial charge in [-0.3, -0.25) is 14.4 Å². The van der Waals surface area contributed by atoms with Gasteiger partial charge < -0.3 is 5.11 Å². The number of hydrogen-bond donors (Lipinski definition) is 1. The number of aliphatic carboxylic acids is 1. The van der Waals surface area contributed by atoms with Crippen LogP contribution in [0.3, 0.4) is 0 Å². The van der Waals surface area contributed by atoms with Crippen molar-refractivity contribution in [1.29, 1.82) is 0 Å². The number of Topliss-reactive ketones (excluding diaryl/α,β-unsaturated/α-hetero) is 2. The molecule has 0 rings (SSSR count). The Kier molecular flexibility index (Phi) is 11.7. The monoisotopic (exact) mass is 421 g/mol. The van der Waals surface area contributed by atoms with Gasteiger partial charge in [0.25, 0.3) is 0 Å². The van der Waals surface area contributed by atoms with E-state index in [9.17, 15) is 14.4 Å². The quantitative estimate of drug-likeness (QED) is 0.581. The van der Waals surface area contributed by atoms with Gasteiger partial charge in [-0.2, -0.15) is 0 Å². The number of ketones is 2. The Labute approximate surface area is 116 Å². The SMILES string of the molecule is CCCCC(=O)C(C)C(=O)CCCC(=O)O.[Ir]. The van der Waals surface area contributed by atoms with Gasteiger partial charge in [0.15, 0.2) is 0 Å². The molecule has 0 spiro atoms. The van der Waals surface area contributed by atoms with Crippen LogP contribution in [-0.4, -0.2) is 22.6 Å². The Morgan fingerprint density at radius 1 is 1.00 bits per heavy atom. The van der Waals surface area contributed by atoms with Crippen LogP contribution in [0.5, 0.6) is 0 Å². The molecule has 0 fully saturated rings. The van der Waals surface area contributed by atoms with Crippen molar-refractivity contribution in [1.82, 2.24) is 0 Å². The van der Waals surface area contributed by atoms with E-state index in [2.05, 4.69) is 0 Å². The first-order chi connectivity index (χ1) is 7.49. The molecule has 0 aliphatic rings. The third-order valence-electron chi connectivity index (χ3n) is 2.56. The Balaban J connectivity index is 0. The van der Waals surface area contributed by atoms with Crippen LogP contribution in [0.1, 0.15) is 52.4 Å². The molecule has 0 aromatic heterocycles. The van der Waals surface area contributed by atoms with Crippen LogP contribution >= 0.6 is 0 Å². The number of carbonyl (C=O) groups is 3. The Hall–Kier alpha value is -0.541. The van der Waals surface area contributed by atoms with Crippen molar-refractivity contribution in [2.45, 2.75) is 52.4 Å². The van der Waals surface area contributed by atoms with Crippen molar-refractivity contribution in [3.63, 3.8) is 0 Å². The van der Waals surface area contributed by atoms with Gasteiger partial charge in [-0.25, -0.2) is 0 Å². The van der Waals surface area contributed by atoms with E-state index in [0.717, 1.165) is 12.8 Å². The maximum absolute atomic E-state index is 11.5. The molecule has 0 heterocycles. The zero-order valence-electron chi connectivity index (χ0n) is 10.3.